The van der Waals surface area contributed by atoms with Crippen molar-refractivity contribution in [3.63, 3.8) is 0 Å². The molecule has 1 N–H and O–H groups in total. The normalized spacial score (nSPS) is 17.2. The molecule has 2 rings (SSSR count). The molecule has 1 heterocycles. The van der Waals surface area contributed by atoms with Crippen LogP contribution in [0.5, 0.6) is 0 Å². The van der Waals surface area contributed by atoms with Gasteiger partial charge in [0.25, 0.3) is 6.01 Å². The molecule has 0 amide bonds. The third kappa shape index (κ3) is 3.48. The van der Waals surface area contributed by atoms with Gasteiger partial charge in [0.2, 0.25) is 0 Å². The van der Waals surface area contributed by atoms with Gasteiger partial charge in [-0.3, -0.25) is 0 Å². The Bertz CT molecular complexity index is 381. The predicted octanol–water partition coefficient (Wildman–Crippen LogP) is 2.99. The monoisotopic (exact) mass is 252 g/mol. The van der Waals surface area contributed by atoms with Crippen molar-refractivity contribution in [3.8, 4) is 0 Å². The highest BCUT2D eigenvalue weighted by Gasteiger charge is 2.17. The standard InChI is InChI=1S/C13H20N2O3/c1-2-17-12(16)11-9-18-13(15-11)14-10-7-5-3-4-6-8-10/h9-10H,2-8H2,1H3,(H,14,15). The van der Waals surface area contributed by atoms with Crippen molar-refractivity contribution < 1.29 is 13.9 Å². The van der Waals surface area contributed by atoms with Crippen LogP contribution in [0, 0.1) is 0 Å². The van der Waals surface area contributed by atoms with E-state index < -0.39 is 5.97 Å². The van der Waals surface area contributed by atoms with Gasteiger partial charge in [-0.1, -0.05) is 25.7 Å². The molecule has 1 aliphatic rings. The fourth-order valence-electron chi connectivity index (χ4n) is 2.24. The first kappa shape index (κ1) is 12.9. The fraction of sp³-hybridized carbons (Fsp3) is 0.692. The summed E-state index contributed by atoms with van der Waals surface area (Å²) in [4.78, 5) is 15.5. The maximum atomic E-state index is 11.4. The van der Waals surface area contributed by atoms with E-state index in [-0.39, 0.29) is 5.69 Å². The Hall–Kier alpha value is -1.52. The fourth-order valence-corrected chi connectivity index (χ4v) is 2.24. The number of esters is 1. The first-order valence-electron chi connectivity index (χ1n) is 6.68. The lowest BCUT2D eigenvalue weighted by atomic mass is 10.1. The number of ether oxygens (including phenoxy) is 1. The van der Waals surface area contributed by atoms with Crippen LogP contribution in [0.1, 0.15) is 55.9 Å². The number of hydrogen-bond acceptors (Lipinski definition) is 5. The summed E-state index contributed by atoms with van der Waals surface area (Å²) in [5.41, 5.74) is 0.230. The van der Waals surface area contributed by atoms with Crippen molar-refractivity contribution in [1.29, 1.82) is 0 Å². The molecule has 18 heavy (non-hydrogen) atoms. The first-order valence-corrected chi connectivity index (χ1v) is 6.68. The Morgan fingerprint density at radius 1 is 1.44 bits per heavy atom. The van der Waals surface area contributed by atoms with Crippen LogP contribution in [-0.2, 0) is 4.74 Å². The summed E-state index contributed by atoms with van der Waals surface area (Å²) in [5, 5.41) is 3.25. The van der Waals surface area contributed by atoms with E-state index in [0.717, 1.165) is 12.8 Å². The molecule has 5 heteroatoms. The second kappa shape index (κ2) is 6.42. The van der Waals surface area contributed by atoms with Crippen molar-refractivity contribution in [2.75, 3.05) is 11.9 Å². The van der Waals surface area contributed by atoms with Crippen LogP contribution in [0.15, 0.2) is 10.7 Å². The summed E-state index contributed by atoms with van der Waals surface area (Å²) in [7, 11) is 0. The molecule has 0 aromatic carbocycles. The summed E-state index contributed by atoms with van der Waals surface area (Å²) in [6.07, 6.45) is 8.70. The van der Waals surface area contributed by atoms with Crippen molar-refractivity contribution in [3.05, 3.63) is 12.0 Å². The molecule has 0 saturated heterocycles. The summed E-state index contributed by atoms with van der Waals surface area (Å²) < 4.78 is 10.1. The second-order valence-electron chi connectivity index (χ2n) is 4.59. The van der Waals surface area contributed by atoms with E-state index in [1.807, 2.05) is 0 Å². The van der Waals surface area contributed by atoms with Gasteiger partial charge in [-0.15, -0.1) is 0 Å². The zero-order valence-electron chi connectivity index (χ0n) is 10.8. The zero-order valence-corrected chi connectivity index (χ0v) is 10.8. The molecule has 5 nitrogen and oxygen atoms in total. The van der Waals surface area contributed by atoms with E-state index >= 15 is 0 Å². The van der Waals surface area contributed by atoms with Gasteiger partial charge in [0.05, 0.1) is 6.61 Å². The van der Waals surface area contributed by atoms with E-state index in [4.69, 9.17) is 9.15 Å². The number of oxazole rings is 1. The molecule has 0 radical (unpaired) electrons. The highest BCUT2D eigenvalue weighted by Crippen LogP contribution is 2.20. The van der Waals surface area contributed by atoms with E-state index in [1.165, 1.54) is 31.9 Å². The largest absolute Gasteiger partial charge is 0.461 e. The molecule has 1 fully saturated rings. The van der Waals surface area contributed by atoms with Crippen LogP contribution < -0.4 is 5.32 Å². The number of rotatable bonds is 4. The van der Waals surface area contributed by atoms with Gasteiger partial charge in [0.1, 0.15) is 6.26 Å². The molecule has 1 aromatic heterocycles. The van der Waals surface area contributed by atoms with Gasteiger partial charge in [-0.25, -0.2) is 4.79 Å². The average Bonchev–Trinajstić information content (AvgIpc) is 2.67. The zero-order chi connectivity index (χ0) is 12.8. The van der Waals surface area contributed by atoms with Crippen LogP contribution in [-0.4, -0.2) is 23.6 Å². The minimum Gasteiger partial charge on any atom is -0.461 e. The van der Waals surface area contributed by atoms with E-state index in [0.29, 0.717) is 18.7 Å². The Morgan fingerprint density at radius 3 is 2.83 bits per heavy atom. The van der Waals surface area contributed by atoms with Crippen LogP contribution in [0.3, 0.4) is 0 Å². The van der Waals surface area contributed by atoms with Crippen molar-refractivity contribution in [2.45, 2.75) is 51.5 Å². The molecule has 0 bridgehead atoms. The van der Waals surface area contributed by atoms with Gasteiger partial charge in [-0.05, 0) is 19.8 Å². The Kier molecular flexibility index (Phi) is 4.61. The van der Waals surface area contributed by atoms with Gasteiger partial charge in [0.15, 0.2) is 5.69 Å². The van der Waals surface area contributed by atoms with Crippen molar-refractivity contribution in [2.24, 2.45) is 0 Å². The SMILES string of the molecule is CCOC(=O)c1coc(NC2CCCCCC2)n1. The number of carbonyl (C=O) groups is 1. The number of carbonyl (C=O) groups excluding carboxylic acids is 1. The molecule has 1 aromatic rings. The van der Waals surface area contributed by atoms with Crippen LogP contribution >= 0.6 is 0 Å². The number of nitrogens with zero attached hydrogens (tertiary/aromatic N) is 1. The molecular formula is C13H20N2O3. The Morgan fingerprint density at radius 2 is 2.17 bits per heavy atom. The topological polar surface area (TPSA) is 64.4 Å². The molecule has 0 aliphatic heterocycles. The molecule has 1 aliphatic carbocycles. The smallest absolute Gasteiger partial charge is 0.360 e. The minimum absolute atomic E-state index is 0.230. The summed E-state index contributed by atoms with van der Waals surface area (Å²) in [5.74, 6) is -0.435. The van der Waals surface area contributed by atoms with E-state index in [2.05, 4.69) is 10.3 Å². The predicted molar refractivity (Wildman–Crippen MR) is 67.6 cm³/mol. The van der Waals surface area contributed by atoms with E-state index in [9.17, 15) is 4.79 Å². The maximum absolute atomic E-state index is 11.4. The summed E-state index contributed by atoms with van der Waals surface area (Å²) in [6.45, 7) is 2.11. The molecule has 0 atom stereocenters. The molecule has 1 saturated carbocycles. The summed E-state index contributed by atoms with van der Waals surface area (Å²) >= 11 is 0. The molecule has 100 valence electrons. The van der Waals surface area contributed by atoms with E-state index in [1.54, 1.807) is 6.92 Å². The summed E-state index contributed by atoms with van der Waals surface area (Å²) in [6, 6.07) is 0.825. The quantitative estimate of drug-likeness (QED) is 0.659. The van der Waals surface area contributed by atoms with Crippen molar-refractivity contribution >= 4 is 12.0 Å². The average molecular weight is 252 g/mol. The van der Waals surface area contributed by atoms with Gasteiger partial charge in [-0.2, -0.15) is 4.98 Å². The lowest BCUT2D eigenvalue weighted by molar-refractivity contribution is 0.0519. The molecule has 0 unspecified atom stereocenters. The Balaban J connectivity index is 1.91. The number of hydrogen-bond donors (Lipinski definition) is 1. The number of aromatic nitrogens is 1. The van der Waals surface area contributed by atoms with Gasteiger partial charge >= 0.3 is 5.97 Å². The molecule has 0 spiro atoms. The van der Waals surface area contributed by atoms with Crippen LogP contribution in [0.2, 0.25) is 0 Å². The highest BCUT2D eigenvalue weighted by atomic mass is 16.5. The minimum atomic E-state index is -0.435. The third-order valence-corrected chi connectivity index (χ3v) is 3.17. The number of nitrogens with one attached hydrogen (secondary N) is 1. The van der Waals surface area contributed by atoms with Gasteiger partial charge in [0, 0.05) is 6.04 Å². The Labute approximate surface area is 107 Å². The van der Waals surface area contributed by atoms with Gasteiger partial charge < -0.3 is 14.5 Å². The second-order valence-corrected chi connectivity index (χ2v) is 4.59. The van der Waals surface area contributed by atoms with Crippen molar-refractivity contribution in [1.82, 2.24) is 4.98 Å². The molecular weight excluding hydrogens is 232 g/mol. The lowest BCUT2D eigenvalue weighted by Crippen LogP contribution is -2.18. The van der Waals surface area contributed by atoms with Crippen LogP contribution in [0.4, 0.5) is 6.01 Å². The third-order valence-electron chi connectivity index (χ3n) is 3.17. The lowest BCUT2D eigenvalue weighted by Gasteiger charge is -2.13. The maximum Gasteiger partial charge on any atom is 0.360 e. The highest BCUT2D eigenvalue weighted by molar-refractivity contribution is 5.87. The first-order chi connectivity index (χ1) is 8.79. The van der Waals surface area contributed by atoms with Crippen LogP contribution in [0.25, 0.3) is 0 Å². The number of anilines is 1.